The second-order valence-corrected chi connectivity index (χ2v) is 9.34. The Morgan fingerprint density at radius 1 is 1.14 bits per heavy atom. The lowest BCUT2D eigenvalue weighted by Gasteiger charge is -2.25. The molecule has 3 heterocycles. The molecule has 0 fully saturated rings. The summed E-state index contributed by atoms with van der Waals surface area (Å²) < 4.78 is 16.4. The first-order valence-electron chi connectivity index (χ1n) is 10.6. The van der Waals surface area contributed by atoms with Crippen LogP contribution in [0.25, 0.3) is 11.0 Å². The van der Waals surface area contributed by atoms with Gasteiger partial charge in [-0.25, -0.2) is 0 Å². The number of halogens is 1. The van der Waals surface area contributed by atoms with Crippen molar-refractivity contribution < 1.29 is 28.6 Å². The molecule has 1 aliphatic heterocycles. The second-order valence-electron chi connectivity index (χ2n) is 7.93. The molecule has 1 aliphatic rings. The number of nitrogens with zero attached hydrogens (tertiary/aromatic N) is 1. The van der Waals surface area contributed by atoms with Crippen LogP contribution < -0.4 is 9.47 Å². The highest BCUT2D eigenvalue weighted by Gasteiger charge is 2.45. The number of hydrogen-bond acceptors (Lipinski definition) is 7. The van der Waals surface area contributed by atoms with Crippen molar-refractivity contribution in [1.29, 1.82) is 0 Å². The van der Waals surface area contributed by atoms with Crippen LogP contribution in [0.3, 0.4) is 0 Å². The van der Waals surface area contributed by atoms with Gasteiger partial charge in [0.05, 0.1) is 19.8 Å². The van der Waals surface area contributed by atoms with Gasteiger partial charge < -0.3 is 23.9 Å². The zero-order chi connectivity index (χ0) is 24.7. The van der Waals surface area contributed by atoms with Crippen molar-refractivity contribution in [3.63, 3.8) is 0 Å². The van der Waals surface area contributed by atoms with Gasteiger partial charge in [-0.15, -0.1) is 11.3 Å². The zero-order valence-electron chi connectivity index (χ0n) is 18.8. The summed E-state index contributed by atoms with van der Waals surface area (Å²) in [6.45, 7) is 0.190. The normalized spacial score (nSPS) is 15.8. The molecule has 1 N–H and O–H groups in total. The van der Waals surface area contributed by atoms with E-state index >= 15 is 0 Å². The average molecular weight is 510 g/mol. The van der Waals surface area contributed by atoms with Crippen molar-refractivity contribution >= 4 is 45.6 Å². The molecule has 0 radical (unpaired) electrons. The molecule has 1 amide bonds. The molecule has 1 atom stereocenters. The summed E-state index contributed by atoms with van der Waals surface area (Å²) in [6.07, 6.45) is 0. The Hall–Kier alpha value is -3.75. The Morgan fingerprint density at radius 3 is 2.57 bits per heavy atom. The van der Waals surface area contributed by atoms with E-state index in [9.17, 15) is 14.7 Å². The van der Waals surface area contributed by atoms with Crippen LogP contribution in [-0.2, 0) is 11.3 Å². The highest BCUT2D eigenvalue weighted by atomic mass is 35.5. The standard InChI is InChI=1S/C26H20ClNO6S/c1-32-17-7-5-14(6-8-17)13-28-22(20-4-3-9-35-20)21(24(30)26(28)31)23(29)18-11-15-10-16(27)12-19(33-2)25(15)34-18/h3-12,22,30H,13H2,1-2H3. The molecule has 2 aromatic carbocycles. The fraction of sp³-hybridized carbons (Fsp3) is 0.154. The van der Waals surface area contributed by atoms with Gasteiger partial charge in [-0.2, -0.15) is 0 Å². The first kappa shape index (κ1) is 23.0. The molecule has 0 spiro atoms. The molecular weight excluding hydrogens is 490 g/mol. The van der Waals surface area contributed by atoms with E-state index in [2.05, 4.69) is 0 Å². The summed E-state index contributed by atoms with van der Waals surface area (Å²) in [5, 5.41) is 13.7. The minimum absolute atomic E-state index is 0.0252. The number of carbonyl (C=O) groups is 2. The minimum atomic E-state index is -0.768. The van der Waals surface area contributed by atoms with Gasteiger partial charge >= 0.3 is 0 Å². The van der Waals surface area contributed by atoms with Gasteiger partial charge in [0.1, 0.15) is 11.8 Å². The monoisotopic (exact) mass is 509 g/mol. The Balaban J connectivity index is 1.55. The van der Waals surface area contributed by atoms with Crippen LogP contribution >= 0.6 is 22.9 Å². The van der Waals surface area contributed by atoms with Gasteiger partial charge in [-0.05, 0) is 41.3 Å². The zero-order valence-corrected chi connectivity index (χ0v) is 20.4. The largest absolute Gasteiger partial charge is 0.503 e. The number of carbonyl (C=O) groups excluding carboxylic acids is 2. The molecule has 178 valence electrons. The third-order valence-electron chi connectivity index (χ3n) is 5.86. The molecule has 4 aromatic rings. The molecule has 0 bridgehead atoms. The van der Waals surface area contributed by atoms with Gasteiger partial charge in [0, 0.05) is 27.9 Å². The van der Waals surface area contributed by atoms with Gasteiger partial charge in [-0.3, -0.25) is 9.59 Å². The van der Waals surface area contributed by atoms with Crippen LogP contribution in [0.5, 0.6) is 11.5 Å². The molecule has 0 aliphatic carbocycles. The Bertz CT molecular complexity index is 1460. The number of hydrogen-bond donors (Lipinski definition) is 1. The molecule has 35 heavy (non-hydrogen) atoms. The Morgan fingerprint density at radius 2 is 1.91 bits per heavy atom. The number of Topliss-reactive ketones (excluding diaryl/α,β-unsaturated/α-hetero) is 1. The van der Waals surface area contributed by atoms with Crippen molar-refractivity contribution in [3.05, 3.63) is 92.5 Å². The highest BCUT2D eigenvalue weighted by Crippen LogP contribution is 2.42. The number of rotatable bonds is 7. The van der Waals surface area contributed by atoms with Crippen LogP contribution in [0, 0.1) is 0 Å². The van der Waals surface area contributed by atoms with Gasteiger partial charge in [-0.1, -0.05) is 29.8 Å². The van der Waals surface area contributed by atoms with E-state index in [1.54, 1.807) is 31.4 Å². The summed E-state index contributed by atoms with van der Waals surface area (Å²) in [5.41, 5.74) is 1.15. The van der Waals surface area contributed by atoms with Crippen molar-refractivity contribution in [1.82, 2.24) is 4.90 Å². The summed E-state index contributed by atoms with van der Waals surface area (Å²) in [4.78, 5) is 29.1. The number of ether oxygens (including phenoxy) is 2. The summed E-state index contributed by atoms with van der Waals surface area (Å²) in [6, 6.07) is 14.9. The lowest BCUT2D eigenvalue weighted by molar-refractivity contribution is -0.130. The van der Waals surface area contributed by atoms with Crippen LogP contribution in [0.4, 0.5) is 0 Å². The van der Waals surface area contributed by atoms with Gasteiger partial charge in [0.15, 0.2) is 22.9 Å². The Kier molecular flexibility index (Phi) is 6.00. The number of furan rings is 1. The molecule has 1 unspecified atom stereocenters. The SMILES string of the molecule is COc1ccc(CN2C(=O)C(O)=C(C(=O)c3cc4cc(Cl)cc(OC)c4o3)C2c2cccs2)cc1. The number of amides is 1. The van der Waals surface area contributed by atoms with Crippen LogP contribution in [0.2, 0.25) is 5.02 Å². The van der Waals surface area contributed by atoms with E-state index in [-0.39, 0.29) is 17.9 Å². The number of benzene rings is 2. The van der Waals surface area contributed by atoms with Gasteiger partial charge in [0.25, 0.3) is 5.91 Å². The molecule has 0 saturated heterocycles. The van der Waals surface area contributed by atoms with Crippen LogP contribution in [0.15, 0.2) is 75.7 Å². The summed E-state index contributed by atoms with van der Waals surface area (Å²) in [5.74, 6) is -0.757. The number of aliphatic hydroxyl groups excluding tert-OH is 1. The highest BCUT2D eigenvalue weighted by molar-refractivity contribution is 7.10. The third-order valence-corrected chi connectivity index (χ3v) is 7.01. The number of methoxy groups -OCH3 is 2. The minimum Gasteiger partial charge on any atom is -0.503 e. The maximum absolute atomic E-state index is 13.7. The Labute approximate surface area is 209 Å². The van der Waals surface area contributed by atoms with E-state index in [0.717, 1.165) is 10.4 Å². The van der Waals surface area contributed by atoms with Crippen molar-refractivity contribution in [3.8, 4) is 11.5 Å². The first-order valence-corrected chi connectivity index (χ1v) is 11.9. The van der Waals surface area contributed by atoms with E-state index < -0.39 is 23.5 Å². The molecule has 5 rings (SSSR count). The smallest absolute Gasteiger partial charge is 0.290 e. The summed E-state index contributed by atoms with van der Waals surface area (Å²) >= 11 is 7.55. The fourth-order valence-electron chi connectivity index (χ4n) is 4.20. The number of ketones is 1. The van der Waals surface area contributed by atoms with Crippen molar-refractivity contribution in [2.45, 2.75) is 12.6 Å². The molecule has 7 nitrogen and oxygen atoms in total. The first-order chi connectivity index (χ1) is 16.9. The molecule has 0 saturated carbocycles. The predicted molar refractivity (Wildman–Crippen MR) is 132 cm³/mol. The summed E-state index contributed by atoms with van der Waals surface area (Å²) in [7, 11) is 3.05. The third kappa shape index (κ3) is 4.05. The topological polar surface area (TPSA) is 89.2 Å². The molecular formula is C26H20ClNO6S. The van der Waals surface area contributed by atoms with E-state index in [4.69, 9.17) is 25.5 Å². The molecule has 2 aromatic heterocycles. The number of aliphatic hydroxyl groups is 1. The average Bonchev–Trinajstić information content (AvgIpc) is 3.59. The lowest BCUT2D eigenvalue weighted by Crippen LogP contribution is -2.30. The van der Waals surface area contributed by atoms with Crippen LogP contribution in [-0.4, -0.2) is 35.9 Å². The van der Waals surface area contributed by atoms with E-state index in [1.165, 1.54) is 29.4 Å². The van der Waals surface area contributed by atoms with Crippen LogP contribution in [0.1, 0.15) is 27.0 Å². The second kappa shape index (κ2) is 9.13. The number of thiophene rings is 1. The fourth-order valence-corrected chi connectivity index (χ4v) is 5.26. The molecule has 9 heteroatoms. The van der Waals surface area contributed by atoms with Crippen molar-refractivity contribution in [2.24, 2.45) is 0 Å². The quantitative estimate of drug-likeness (QED) is 0.310. The van der Waals surface area contributed by atoms with Crippen molar-refractivity contribution in [2.75, 3.05) is 14.2 Å². The maximum atomic E-state index is 13.7. The van der Waals surface area contributed by atoms with Gasteiger partial charge in [0.2, 0.25) is 5.78 Å². The number of fused-ring (bicyclic) bond motifs is 1. The van der Waals surface area contributed by atoms with E-state index in [1.807, 2.05) is 29.6 Å². The predicted octanol–water partition coefficient (Wildman–Crippen LogP) is 5.94. The van der Waals surface area contributed by atoms with E-state index in [0.29, 0.717) is 27.5 Å². The lowest BCUT2D eigenvalue weighted by atomic mass is 10.00. The maximum Gasteiger partial charge on any atom is 0.290 e.